The molecule has 0 fully saturated rings. The number of pyridine rings is 1. The lowest BCUT2D eigenvalue weighted by atomic mass is 10.1. The van der Waals surface area contributed by atoms with E-state index in [1.165, 1.54) is 0 Å². The van der Waals surface area contributed by atoms with Crippen molar-refractivity contribution in [2.75, 3.05) is 18.0 Å². The molecule has 0 spiro atoms. The average molecular weight is 437 g/mol. The zero-order chi connectivity index (χ0) is 21.1. The molecule has 5 nitrogen and oxygen atoms in total. The third kappa shape index (κ3) is 4.11. The number of aromatic nitrogens is 1. The van der Waals surface area contributed by atoms with Crippen LogP contribution in [-0.2, 0) is 6.42 Å². The van der Waals surface area contributed by atoms with Crippen molar-refractivity contribution in [1.29, 1.82) is 5.26 Å². The summed E-state index contributed by atoms with van der Waals surface area (Å²) in [4.78, 5) is 19.3. The van der Waals surface area contributed by atoms with E-state index in [4.69, 9.17) is 33.4 Å². The van der Waals surface area contributed by atoms with Crippen LogP contribution in [0.1, 0.15) is 22.3 Å². The second-order valence-electron chi connectivity index (χ2n) is 6.92. The summed E-state index contributed by atoms with van der Waals surface area (Å²) in [6, 6.07) is 18.8. The first kappa shape index (κ1) is 20.2. The molecule has 0 unspecified atom stereocenters. The number of rotatable bonds is 5. The minimum atomic E-state index is -0.206. The van der Waals surface area contributed by atoms with Gasteiger partial charge in [-0.25, -0.2) is 4.98 Å². The predicted molar refractivity (Wildman–Crippen MR) is 119 cm³/mol. The average Bonchev–Trinajstić information content (AvgIpc) is 3.17. The summed E-state index contributed by atoms with van der Waals surface area (Å²) in [5.74, 6) is 0.656. The van der Waals surface area contributed by atoms with Crippen molar-refractivity contribution >= 4 is 40.6 Å². The van der Waals surface area contributed by atoms with E-state index in [9.17, 15) is 4.79 Å². The monoisotopic (exact) mass is 436 g/mol. The van der Waals surface area contributed by atoms with E-state index in [1.54, 1.807) is 12.1 Å². The molecule has 150 valence electrons. The Morgan fingerprint density at radius 2 is 2.03 bits per heavy atom. The van der Waals surface area contributed by atoms with Crippen molar-refractivity contribution in [3.8, 4) is 17.3 Å². The van der Waals surface area contributed by atoms with E-state index < -0.39 is 0 Å². The van der Waals surface area contributed by atoms with Gasteiger partial charge >= 0.3 is 0 Å². The van der Waals surface area contributed by atoms with Crippen molar-refractivity contribution in [1.82, 2.24) is 10.3 Å². The molecule has 1 aromatic heterocycles. The largest absolute Gasteiger partial charge is 0.351 e. The number of fused-ring (bicyclic) bond motifs is 1. The number of nitrogens with one attached hydrogen (secondary N) is 1. The summed E-state index contributed by atoms with van der Waals surface area (Å²) < 4.78 is 0. The Kier molecular flexibility index (Phi) is 5.89. The van der Waals surface area contributed by atoms with E-state index in [-0.39, 0.29) is 12.3 Å². The number of benzene rings is 2. The maximum Gasteiger partial charge on any atom is 0.251 e. The normalized spacial score (nSPS) is 12.4. The molecule has 1 aliphatic heterocycles. The molecule has 0 atom stereocenters. The fourth-order valence-electron chi connectivity index (χ4n) is 3.49. The molecule has 0 saturated carbocycles. The van der Waals surface area contributed by atoms with Gasteiger partial charge in [-0.1, -0.05) is 41.4 Å². The first-order valence-electron chi connectivity index (χ1n) is 9.55. The molecule has 0 radical (unpaired) electrons. The Labute approximate surface area is 184 Å². The molecule has 1 aliphatic rings. The van der Waals surface area contributed by atoms with Crippen LogP contribution < -0.4 is 10.2 Å². The van der Waals surface area contributed by atoms with Gasteiger partial charge in [0.2, 0.25) is 0 Å². The molecule has 2 aromatic carbocycles. The number of amides is 1. The SMILES string of the molecule is N#CCCNC(=O)c1cccc(-c2ccc3c(n2)N(c2ccc(Cl)cc2Cl)CC3)c1. The second-order valence-corrected chi connectivity index (χ2v) is 7.77. The molecule has 3 aromatic rings. The number of carbonyl (C=O) groups is 1. The summed E-state index contributed by atoms with van der Waals surface area (Å²) in [5.41, 5.74) is 4.17. The van der Waals surface area contributed by atoms with Crippen LogP contribution in [0.5, 0.6) is 0 Å². The Bertz CT molecular complexity index is 1160. The number of carbonyl (C=O) groups excluding carboxylic acids is 1. The molecule has 4 rings (SSSR count). The summed E-state index contributed by atoms with van der Waals surface area (Å²) in [7, 11) is 0. The fraction of sp³-hybridized carbons (Fsp3) is 0.174. The first-order chi connectivity index (χ1) is 14.6. The van der Waals surface area contributed by atoms with E-state index in [2.05, 4.69) is 16.3 Å². The Balaban J connectivity index is 1.64. The Hall–Kier alpha value is -3.07. The van der Waals surface area contributed by atoms with Crippen LogP contribution in [-0.4, -0.2) is 24.0 Å². The highest BCUT2D eigenvalue weighted by atomic mass is 35.5. The molecular formula is C23H18Cl2N4O. The van der Waals surface area contributed by atoms with Gasteiger partial charge in [0.05, 0.1) is 28.9 Å². The summed E-state index contributed by atoms with van der Waals surface area (Å²) in [6.07, 6.45) is 1.16. The van der Waals surface area contributed by atoms with Crippen LogP contribution in [0.2, 0.25) is 10.0 Å². The number of halogens is 2. The lowest BCUT2D eigenvalue weighted by Crippen LogP contribution is -2.24. The molecule has 7 heteroatoms. The molecule has 2 heterocycles. The minimum Gasteiger partial charge on any atom is -0.351 e. The van der Waals surface area contributed by atoms with Crippen molar-refractivity contribution < 1.29 is 4.79 Å². The number of nitriles is 1. The van der Waals surface area contributed by atoms with Crippen LogP contribution >= 0.6 is 23.2 Å². The standard InChI is InChI=1S/C23H18Cl2N4O/c24-18-6-8-21(19(25)14-18)29-12-9-15-5-7-20(28-22(15)29)16-3-1-4-17(13-16)23(30)27-11-2-10-26/h1,3-8,13-14H,2,9,11-12H2,(H,27,30). The minimum absolute atomic E-state index is 0.206. The topological polar surface area (TPSA) is 69.0 Å². The van der Waals surface area contributed by atoms with Gasteiger partial charge in [-0.2, -0.15) is 5.26 Å². The van der Waals surface area contributed by atoms with Gasteiger partial charge in [0.15, 0.2) is 0 Å². The quantitative estimate of drug-likeness (QED) is 0.544. The molecule has 1 amide bonds. The van der Waals surface area contributed by atoms with Gasteiger partial charge in [0, 0.05) is 29.2 Å². The van der Waals surface area contributed by atoms with Gasteiger partial charge in [-0.3, -0.25) is 4.79 Å². The smallest absolute Gasteiger partial charge is 0.251 e. The zero-order valence-electron chi connectivity index (χ0n) is 16.0. The van der Waals surface area contributed by atoms with Crippen LogP contribution in [0.25, 0.3) is 11.3 Å². The molecule has 30 heavy (non-hydrogen) atoms. The van der Waals surface area contributed by atoms with Gasteiger partial charge in [0.25, 0.3) is 5.91 Å². The molecule has 0 bridgehead atoms. The van der Waals surface area contributed by atoms with E-state index in [0.717, 1.165) is 41.3 Å². The van der Waals surface area contributed by atoms with Gasteiger partial charge in [-0.05, 0) is 48.4 Å². The third-order valence-corrected chi connectivity index (χ3v) is 5.50. The van der Waals surface area contributed by atoms with Gasteiger partial charge in [0.1, 0.15) is 5.82 Å². The Morgan fingerprint density at radius 3 is 2.83 bits per heavy atom. The zero-order valence-corrected chi connectivity index (χ0v) is 17.5. The highest BCUT2D eigenvalue weighted by Crippen LogP contribution is 2.39. The lowest BCUT2D eigenvalue weighted by Gasteiger charge is -2.20. The predicted octanol–water partition coefficient (Wildman–Crippen LogP) is 5.39. The summed E-state index contributed by atoms with van der Waals surface area (Å²) >= 11 is 12.5. The van der Waals surface area contributed by atoms with Crippen LogP contribution in [0, 0.1) is 11.3 Å². The van der Waals surface area contributed by atoms with Crippen molar-refractivity contribution in [2.24, 2.45) is 0 Å². The van der Waals surface area contributed by atoms with Gasteiger partial charge in [-0.15, -0.1) is 0 Å². The molecule has 1 N–H and O–H groups in total. The number of anilines is 2. The number of hydrogen-bond acceptors (Lipinski definition) is 4. The van der Waals surface area contributed by atoms with E-state index in [1.807, 2.05) is 42.5 Å². The highest BCUT2D eigenvalue weighted by Gasteiger charge is 2.24. The van der Waals surface area contributed by atoms with Crippen LogP contribution in [0.4, 0.5) is 11.5 Å². The van der Waals surface area contributed by atoms with Crippen molar-refractivity contribution in [3.63, 3.8) is 0 Å². The van der Waals surface area contributed by atoms with E-state index in [0.29, 0.717) is 22.2 Å². The maximum absolute atomic E-state index is 12.3. The highest BCUT2D eigenvalue weighted by molar-refractivity contribution is 6.36. The van der Waals surface area contributed by atoms with Crippen molar-refractivity contribution in [3.05, 3.63) is 75.8 Å². The molecule has 0 aliphatic carbocycles. The van der Waals surface area contributed by atoms with Crippen LogP contribution in [0.3, 0.4) is 0 Å². The Morgan fingerprint density at radius 1 is 1.17 bits per heavy atom. The third-order valence-electron chi connectivity index (χ3n) is 4.96. The number of hydrogen-bond donors (Lipinski definition) is 1. The molecule has 0 saturated heterocycles. The van der Waals surface area contributed by atoms with Gasteiger partial charge < -0.3 is 10.2 Å². The van der Waals surface area contributed by atoms with Crippen molar-refractivity contribution in [2.45, 2.75) is 12.8 Å². The maximum atomic E-state index is 12.3. The summed E-state index contributed by atoms with van der Waals surface area (Å²) in [6.45, 7) is 1.11. The fourth-order valence-corrected chi connectivity index (χ4v) is 4.00. The molecular weight excluding hydrogens is 419 g/mol. The first-order valence-corrected chi connectivity index (χ1v) is 10.3. The lowest BCUT2D eigenvalue weighted by molar-refractivity contribution is 0.0954. The number of nitrogens with zero attached hydrogens (tertiary/aromatic N) is 3. The summed E-state index contributed by atoms with van der Waals surface area (Å²) in [5, 5.41) is 12.5. The van der Waals surface area contributed by atoms with E-state index >= 15 is 0 Å². The van der Waals surface area contributed by atoms with Crippen LogP contribution in [0.15, 0.2) is 54.6 Å². The second kappa shape index (κ2) is 8.74.